The van der Waals surface area contributed by atoms with Gasteiger partial charge in [0.25, 0.3) is 0 Å². The fourth-order valence-electron chi connectivity index (χ4n) is 1.70. The van der Waals surface area contributed by atoms with Gasteiger partial charge in [-0.25, -0.2) is 17.1 Å². The molecule has 0 N–H and O–H groups in total. The second-order valence-electron chi connectivity index (χ2n) is 4.02. The highest BCUT2D eigenvalue weighted by Gasteiger charge is 2.27. The lowest BCUT2D eigenvalue weighted by atomic mass is 10.2. The SMILES string of the molecule is CCS(=O)(=O)N1CCN=C1SCc1ccccc1F. The van der Waals surface area contributed by atoms with Gasteiger partial charge in [0.1, 0.15) is 5.82 Å². The number of sulfonamides is 1. The molecule has 0 unspecified atom stereocenters. The molecule has 0 atom stereocenters. The maximum atomic E-state index is 13.5. The van der Waals surface area contributed by atoms with E-state index in [1.165, 1.54) is 22.1 Å². The van der Waals surface area contributed by atoms with E-state index in [2.05, 4.69) is 4.99 Å². The Kier molecular flexibility index (Phi) is 4.46. The minimum absolute atomic E-state index is 0.0479. The van der Waals surface area contributed by atoms with Crippen molar-refractivity contribution in [3.05, 3.63) is 35.6 Å². The molecule has 104 valence electrons. The Morgan fingerprint density at radius 2 is 2.16 bits per heavy atom. The average Bonchev–Trinajstić information content (AvgIpc) is 2.87. The maximum absolute atomic E-state index is 13.5. The molecular formula is C12H15FN2O2S2. The van der Waals surface area contributed by atoms with Crippen LogP contribution in [0.25, 0.3) is 0 Å². The lowest BCUT2D eigenvalue weighted by Crippen LogP contribution is -2.34. The van der Waals surface area contributed by atoms with Crippen molar-refractivity contribution in [1.82, 2.24) is 4.31 Å². The smallest absolute Gasteiger partial charge is 0.236 e. The van der Waals surface area contributed by atoms with Crippen LogP contribution >= 0.6 is 11.8 Å². The fraction of sp³-hybridized carbons (Fsp3) is 0.417. The third kappa shape index (κ3) is 3.27. The number of halogens is 1. The Balaban J connectivity index is 2.06. The molecule has 0 fully saturated rings. The molecule has 7 heteroatoms. The molecule has 0 spiro atoms. The minimum Gasteiger partial charge on any atom is -0.260 e. The van der Waals surface area contributed by atoms with Crippen LogP contribution in [-0.2, 0) is 15.8 Å². The largest absolute Gasteiger partial charge is 0.260 e. The van der Waals surface area contributed by atoms with Crippen LogP contribution in [0.1, 0.15) is 12.5 Å². The molecule has 2 rings (SSSR count). The van der Waals surface area contributed by atoms with Gasteiger partial charge in [0.05, 0.1) is 18.8 Å². The van der Waals surface area contributed by atoms with Gasteiger partial charge >= 0.3 is 0 Å². The molecule has 19 heavy (non-hydrogen) atoms. The topological polar surface area (TPSA) is 49.7 Å². The Morgan fingerprint density at radius 1 is 1.42 bits per heavy atom. The third-order valence-corrected chi connectivity index (χ3v) is 5.71. The molecule has 1 aliphatic rings. The normalized spacial score (nSPS) is 15.7. The Labute approximate surface area is 116 Å². The van der Waals surface area contributed by atoms with Crippen molar-refractivity contribution in [2.75, 3.05) is 18.8 Å². The summed E-state index contributed by atoms with van der Waals surface area (Å²) < 4.78 is 38.5. The van der Waals surface area contributed by atoms with Crippen LogP contribution in [0.2, 0.25) is 0 Å². The first-order valence-corrected chi connectivity index (χ1v) is 8.55. The second kappa shape index (κ2) is 5.92. The zero-order valence-corrected chi connectivity index (χ0v) is 12.2. The van der Waals surface area contributed by atoms with Crippen LogP contribution in [0.3, 0.4) is 0 Å². The van der Waals surface area contributed by atoms with Gasteiger partial charge in [0.2, 0.25) is 10.0 Å². The Bertz CT molecular complexity index is 587. The number of aliphatic imine (C=N–C) groups is 1. The van der Waals surface area contributed by atoms with Gasteiger partial charge in [-0.15, -0.1) is 0 Å². The molecule has 0 radical (unpaired) electrons. The van der Waals surface area contributed by atoms with Crippen molar-refractivity contribution in [3.63, 3.8) is 0 Å². The molecule has 1 aliphatic heterocycles. The van der Waals surface area contributed by atoms with Crippen LogP contribution in [0.5, 0.6) is 0 Å². The molecule has 0 bridgehead atoms. The summed E-state index contributed by atoms with van der Waals surface area (Å²) in [5, 5.41) is 0.463. The Hall–Kier alpha value is -1.08. The lowest BCUT2D eigenvalue weighted by molar-refractivity contribution is 0.541. The van der Waals surface area contributed by atoms with Crippen LogP contribution in [0, 0.1) is 5.82 Å². The van der Waals surface area contributed by atoms with Gasteiger partial charge in [0.15, 0.2) is 5.17 Å². The van der Waals surface area contributed by atoms with E-state index in [0.29, 0.717) is 29.6 Å². The molecule has 1 heterocycles. The number of benzene rings is 1. The monoisotopic (exact) mass is 302 g/mol. The zero-order valence-electron chi connectivity index (χ0n) is 10.5. The molecule has 1 aromatic carbocycles. The summed E-state index contributed by atoms with van der Waals surface area (Å²) in [6.45, 7) is 2.46. The first-order chi connectivity index (χ1) is 9.04. The number of hydrogen-bond donors (Lipinski definition) is 0. The highest BCUT2D eigenvalue weighted by Crippen LogP contribution is 2.23. The average molecular weight is 302 g/mol. The quantitative estimate of drug-likeness (QED) is 0.855. The van der Waals surface area contributed by atoms with Crippen molar-refractivity contribution in [1.29, 1.82) is 0 Å². The van der Waals surface area contributed by atoms with E-state index >= 15 is 0 Å². The Morgan fingerprint density at radius 3 is 2.84 bits per heavy atom. The third-order valence-electron chi connectivity index (χ3n) is 2.78. The van der Waals surface area contributed by atoms with E-state index in [1.54, 1.807) is 25.1 Å². The van der Waals surface area contributed by atoms with Crippen molar-refractivity contribution >= 4 is 27.0 Å². The molecule has 0 aliphatic carbocycles. The first-order valence-electron chi connectivity index (χ1n) is 5.95. The molecule has 0 amide bonds. The maximum Gasteiger partial charge on any atom is 0.236 e. The summed E-state index contributed by atoms with van der Waals surface area (Å²) in [5.41, 5.74) is 0.552. The highest BCUT2D eigenvalue weighted by molar-refractivity contribution is 8.14. The highest BCUT2D eigenvalue weighted by atomic mass is 32.2. The van der Waals surface area contributed by atoms with Gasteiger partial charge in [-0.05, 0) is 18.6 Å². The molecular weight excluding hydrogens is 287 g/mol. The lowest BCUT2D eigenvalue weighted by Gasteiger charge is -2.18. The summed E-state index contributed by atoms with van der Waals surface area (Å²) in [6.07, 6.45) is 0. The predicted octanol–water partition coefficient (Wildman–Crippen LogP) is 2.08. The number of hydrogen-bond acceptors (Lipinski definition) is 4. The first kappa shape index (κ1) is 14.3. The van der Waals surface area contributed by atoms with E-state index < -0.39 is 10.0 Å². The summed E-state index contributed by atoms with van der Waals surface area (Å²) in [7, 11) is -3.27. The van der Waals surface area contributed by atoms with Crippen molar-refractivity contribution in [2.45, 2.75) is 12.7 Å². The molecule has 0 aromatic heterocycles. The van der Waals surface area contributed by atoms with E-state index in [4.69, 9.17) is 0 Å². The fourth-order valence-corrected chi connectivity index (χ4v) is 4.10. The molecule has 1 aromatic rings. The van der Waals surface area contributed by atoms with Crippen molar-refractivity contribution in [3.8, 4) is 0 Å². The van der Waals surface area contributed by atoms with Crippen LogP contribution < -0.4 is 0 Å². The van der Waals surface area contributed by atoms with Crippen molar-refractivity contribution < 1.29 is 12.8 Å². The van der Waals surface area contributed by atoms with Gasteiger partial charge in [-0.3, -0.25) is 4.99 Å². The molecule has 0 saturated carbocycles. The van der Waals surface area contributed by atoms with E-state index in [-0.39, 0.29) is 11.6 Å². The summed E-state index contributed by atoms with van der Waals surface area (Å²) in [4.78, 5) is 4.18. The number of thioether (sulfide) groups is 1. The summed E-state index contributed by atoms with van der Waals surface area (Å²) >= 11 is 1.26. The molecule has 0 saturated heterocycles. The summed E-state index contributed by atoms with van der Waals surface area (Å²) in [5.74, 6) is 0.145. The van der Waals surface area contributed by atoms with Crippen LogP contribution in [0.4, 0.5) is 4.39 Å². The number of rotatable bonds is 4. The van der Waals surface area contributed by atoms with E-state index in [1.807, 2.05) is 0 Å². The van der Waals surface area contributed by atoms with Crippen LogP contribution in [-0.4, -0.2) is 36.7 Å². The van der Waals surface area contributed by atoms with Gasteiger partial charge in [-0.1, -0.05) is 30.0 Å². The van der Waals surface area contributed by atoms with Gasteiger partial charge in [0, 0.05) is 5.75 Å². The molecule has 4 nitrogen and oxygen atoms in total. The predicted molar refractivity (Wildman–Crippen MR) is 76.2 cm³/mol. The van der Waals surface area contributed by atoms with Crippen molar-refractivity contribution in [2.24, 2.45) is 4.99 Å². The zero-order chi connectivity index (χ0) is 13.9. The number of amidine groups is 1. The number of nitrogens with zero attached hydrogens (tertiary/aromatic N) is 2. The van der Waals surface area contributed by atoms with Gasteiger partial charge < -0.3 is 0 Å². The van der Waals surface area contributed by atoms with Crippen LogP contribution in [0.15, 0.2) is 29.3 Å². The summed E-state index contributed by atoms with van der Waals surface area (Å²) in [6, 6.07) is 6.48. The minimum atomic E-state index is -3.27. The van der Waals surface area contributed by atoms with E-state index in [0.717, 1.165) is 0 Å². The van der Waals surface area contributed by atoms with E-state index in [9.17, 15) is 12.8 Å². The second-order valence-corrected chi connectivity index (χ2v) is 7.14. The van der Waals surface area contributed by atoms with Gasteiger partial charge in [-0.2, -0.15) is 0 Å². The standard InChI is InChI=1S/C12H15FN2O2S2/c1-2-19(16,17)15-8-7-14-12(15)18-9-10-5-3-4-6-11(10)13/h3-6H,2,7-9H2,1H3.